The van der Waals surface area contributed by atoms with Crippen LogP contribution in [0.3, 0.4) is 0 Å². The molecule has 2 aliphatic rings. The van der Waals surface area contributed by atoms with Gasteiger partial charge in [-0.3, -0.25) is 0 Å². The summed E-state index contributed by atoms with van der Waals surface area (Å²) in [6.07, 6.45) is 7.06. The van der Waals surface area contributed by atoms with Crippen molar-refractivity contribution in [3.05, 3.63) is 0 Å². The third kappa shape index (κ3) is 1.44. The zero-order valence-corrected chi connectivity index (χ0v) is 7.44. The predicted molar refractivity (Wildman–Crippen MR) is 45.5 cm³/mol. The van der Waals surface area contributed by atoms with Crippen molar-refractivity contribution in [3.8, 4) is 0 Å². The smallest absolute Gasteiger partial charge is 0.0523 e. The van der Waals surface area contributed by atoms with Crippen LogP contribution in [0.4, 0.5) is 0 Å². The van der Waals surface area contributed by atoms with E-state index in [0.717, 1.165) is 19.1 Å². The molecule has 0 aromatic heterocycles. The lowest BCUT2D eigenvalue weighted by molar-refractivity contribution is 0.103. The molecule has 0 bridgehead atoms. The van der Waals surface area contributed by atoms with Crippen molar-refractivity contribution in [2.24, 2.45) is 11.3 Å². The van der Waals surface area contributed by atoms with Crippen LogP contribution in [0.25, 0.3) is 0 Å². The summed E-state index contributed by atoms with van der Waals surface area (Å²) in [6, 6.07) is 0. The molecule has 2 atom stereocenters. The summed E-state index contributed by atoms with van der Waals surface area (Å²) in [5.41, 5.74) is 0.623. The minimum atomic E-state index is 0.623. The highest BCUT2D eigenvalue weighted by Crippen LogP contribution is 2.44. The van der Waals surface area contributed by atoms with E-state index >= 15 is 0 Å². The molecule has 0 aromatic carbocycles. The van der Waals surface area contributed by atoms with Crippen molar-refractivity contribution in [1.82, 2.24) is 0 Å². The quantitative estimate of drug-likeness (QED) is 0.521. The van der Waals surface area contributed by atoms with Crippen LogP contribution in [0, 0.1) is 11.3 Å². The Morgan fingerprint density at radius 3 is 2.91 bits per heavy atom. The lowest BCUT2D eigenvalue weighted by Crippen LogP contribution is -2.27. The van der Waals surface area contributed by atoms with Gasteiger partial charge in [0.2, 0.25) is 0 Å². The average molecular weight is 154 g/mol. The molecule has 1 saturated carbocycles. The highest BCUT2D eigenvalue weighted by molar-refractivity contribution is 4.87. The maximum Gasteiger partial charge on any atom is 0.0523 e. The van der Waals surface area contributed by atoms with Gasteiger partial charge in [0.25, 0.3) is 0 Å². The first kappa shape index (κ1) is 7.60. The van der Waals surface area contributed by atoms with E-state index in [0.29, 0.717) is 5.41 Å². The van der Waals surface area contributed by atoms with Crippen LogP contribution in [0.1, 0.15) is 39.0 Å². The van der Waals surface area contributed by atoms with Crippen molar-refractivity contribution in [2.45, 2.75) is 39.0 Å². The fourth-order valence-electron chi connectivity index (χ4n) is 2.78. The molecule has 1 heterocycles. The second-order valence-electron chi connectivity index (χ2n) is 4.50. The Balaban J connectivity index is 2.00. The van der Waals surface area contributed by atoms with Gasteiger partial charge in [-0.1, -0.05) is 19.8 Å². The molecule has 1 saturated heterocycles. The Bertz CT molecular complexity index is 136. The van der Waals surface area contributed by atoms with Gasteiger partial charge in [-0.25, -0.2) is 0 Å². The average Bonchev–Trinajstić information content (AvgIpc) is 2.37. The lowest BCUT2D eigenvalue weighted by atomic mass is 9.70. The summed E-state index contributed by atoms with van der Waals surface area (Å²) in [5, 5.41) is 0. The predicted octanol–water partition coefficient (Wildman–Crippen LogP) is 2.60. The summed E-state index contributed by atoms with van der Waals surface area (Å²) in [7, 11) is 0. The standard InChI is InChI=1S/C10H18O/c1-9-3-2-4-10(7-9)5-6-11-8-10/h9H,2-8H2,1H3. The molecular formula is C10H18O. The molecule has 64 valence electrons. The number of ether oxygens (including phenoxy) is 1. The van der Waals surface area contributed by atoms with Gasteiger partial charge >= 0.3 is 0 Å². The Kier molecular flexibility index (Phi) is 1.92. The first-order valence-electron chi connectivity index (χ1n) is 4.89. The van der Waals surface area contributed by atoms with Crippen molar-refractivity contribution in [3.63, 3.8) is 0 Å². The van der Waals surface area contributed by atoms with Crippen LogP contribution < -0.4 is 0 Å². The van der Waals surface area contributed by atoms with Crippen molar-refractivity contribution >= 4 is 0 Å². The molecule has 11 heavy (non-hydrogen) atoms. The minimum Gasteiger partial charge on any atom is -0.381 e. The van der Waals surface area contributed by atoms with Gasteiger partial charge in [-0.05, 0) is 30.6 Å². The van der Waals surface area contributed by atoms with Gasteiger partial charge in [0, 0.05) is 6.61 Å². The van der Waals surface area contributed by atoms with Crippen molar-refractivity contribution < 1.29 is 4.74 Å². The van der Waals surface area contributed by atoms with E-state index in [2.05, 4.69) is 6.92 Å². The summed E-state index contributed by atoms with van der Waals surface area (Å²) in [6.45, 7) is 4.46. The Hall–Kier alpha value is -0.0400. The van der Waals surface area contributed by atoms with Gasteiger partial charge in [0.1, 0.15) is 0 Å². The van der Waals surface area contributed by atoms with Crippen LogP contribution >= 0.6 is 0 Å². The van der Waals surface area contributed by atoms with E-state index in [-0.39, 0.29) is 0 Å². The number of rotatable bonds is 0. The molecular weight excluding hydrogens is 136 g/mol. The summed E-state index contributed by atoms with van der Waals surface area (Å²) >= 11 is 0. The fourth-order valence-corrected chi connectivity index (χ4v) is 2.78. The van der Waals surface area contributed by atoms with Crippen LogP contribution in [0.5, 0.6) is 0 Å². The lowest BCUT2D eigenvalue weighted by Gasteiger charge is -2.35. The van der Waals surface area contributed by atoms with Crippen LogP contribution in [0.15, 0.2) is 0 Å². The van der Waals surface area contributed by atoms with Gasteiger partial charge in [-0.15, -0.1) is 0 Å². The summed E-state index contributed by atoms with van der Waals surface area (Å²) in [5.74, 6) is 0.949. The van der Waals surface area contributed by atoms with Crippen LogP contribution in [0.2, 0.25) is 0 Å². The maximum atomic E-state index is 5.49. The van der Waals surface area contributed by atoms with Crippen LogP contribution in [-0.2, 0) is 4.74 Å². The summed E-state index contributed by atoms with van der Waals surface area (Å²) in [4.78, 5) is 0. The van der Waals surface area contributed by atoms with Gasteiger partial charge in [0.05, 0.1) is 6.61 Å². The third-order valence-corrected chi connectivity index (χ3v) is 3.37. The number of hydrogen-bond acceptors (Lipinski definition) is 1. The maximum absolute atomic E-state index is 5.49. The molecule has 1 nitrogen and oxygen atoms in total. The molecule has 0 N–H and O–H groups in total. The van der Waals surface area contributed by atoms with Gasteiger partial charge in [0.15, 0.2) is 0 Å². The molecule has 1 heteroatoms. The third-order valence-electron chi connectivity index (χ3n) is 3.37. The Labute approximate surface area is 69.1 Å². The first-order chi connectivity index (χ1) is 5.31. The first-order valence-corrected chi connectivity index (χ1v) is 4.89. The van der Waals surface area contributed by atoms with E-state index < -0.39 is 0 Å². The minimum absolute atomic E-state index is 0.623. The normalized spacial score (nSPS) is 45.0. The molecule has 0 radical (unpaired) electrons. The highest BCUT2D eigenvalue weighted by Gasteiger charge is 2.37. The zero-order chi connectivity index (χ0) is 7.73. The van der Waals surface area contributed by atoms with Gasteiger partial charge in [-0.2, -0.15) is 0 Å². The number of hydrogen-bond donors (Lipinski definition) is 0. The molecule has 1 aliphatic heterocycles. The molecule has 2 unspecified atom stereocenters. The van der Waals surface area contributed by atoms with E-state index in [1.54, 1.807) is 0 Å². The van der Waals surface area contributed by atoms with E-state index in [1.807, 2.05) is 0 Å². The van der Waals surface area contributed by atoms with Crippen molar-refractivity contribution in [1.29, 1.82) is 0 Å². The Morgan fingerprint density at radius 1 is 1.36 bits per heavy atom. The monoisotopic (exact) mass is 154 g/mol. The topological polar surface area (TPSA) is 9.23 Å². The largest absolute Gasteiger partial charge is 0.381 e. The van der Waals surface area contributed by atoms with Crippen LogP contribution in [-0.4, -0.2) is 13.2 Å². The highest BCUT2D eigenvalue weighted by atomic mass is 16.5. The zero-order valence-electron chi connectivity index (χ0n) is 7.44. The molecule has 2 fully saturated rings. The second-order valence-corrected chi connectivity index (χ2v) is 4.50. The van der Waals surface area contributed by atoms with E-state index in [4.69, 9.17) is 4.74 Å². The molecule has 1 spiro atoms. The summed E-state index contributed by atoms with van der Waals surface area (Å²) < 4.78 is 5.49. The Morgan fingerprint density at radius 2 is 2.27 bits per heavy atom. The molecule has 0 amide bonds. The molecule has 2 rings (SSSR count). The van der Waals surface area contributed by atoms with Gasteiger partial charge < -0.3 is 4.74 Å². The van der Waals surface area contributed by atoms with E-state index in [1.165, 1.54) is 32.1 Å². The molecule has 0 aromatic rings. The van der Waals surface area contributed by atoms with Crippen molar-refractivity contribution in [2.75, 3.05) is 13.2 Å². The van der Waals surface area contributed by atoms with E-state index in [9.17, 15) is 0 Å². The molecule has 1 aliphatic carbocycles. The second kappa shape index (κ2) is 2.78. The fraction of sp³-hybridized carbons (Fsp3) is 1.00. The SMILES string of the molecule is CC1CCCC2(CCOC2)C1.